The lowest BCUT2D eigenvalue weighted by Crippen LogP contribution is -2.45. The van der Waals surface area contributed by atoms with Crippen LogP contribution < -0.4 is 0 Å². The smallest absolute Gasteiger partial charge is 0.0947 e. The third kappa shape index (κ3) is 6.49. The predicted molar refractivity (Wildman–Crippen MR) is 92.9 cm³/mol. The summed E-state index contributed by atoms with van der Waals surface area (Å²) in [6.45, 7) is -0.840. The van der Waals surface area contributed by atoms with Gasteiger partial charge in [0.25, 0.3) is 0 Å². The summed E-state index contributed by atoms with van der Waals surface area (Å²) < 4.78 is 0. The van der Waals surface area contributed by atoms with E-state index in [2.05, 4.69) is 9.97 Å². The molecule has 1 heterocycles. The highest BCUT2D eigenvalue weighted by atomic mass is 16.3. The van der Waals surface area contributed by atoms with Crippen molar-refractivity contribution in [1.29, 1.82) is 0 Å². The van der Waals surface area contributed by atoms with E-state index < -0.39 is 37.5 Å². The highest BCUT2D eigenvalue weighted by Gasteiger charge is 2.24. The Morgan fingerprint density at radius 1 is 0.731 bits per heavy atom. The second kappa shape index (κ2) is 11.5. The number of aromatic nitrogens is 2. The number of aliphatic hydroxyl groups excluding tert-OH is 6. The molecule has 4 unspecified atom stereocenters. The van der Waals surface area contributed by atoms with Crippen molar-refractivity contribution in [3.05, 3.63) is 23.8 Å². The minimum Gasteiger partial charge on any atom is -0.395 e. The Bertz CT molecular complexity index is 461. The van der Waals surface area contributed by atoms with Gasteiger partial charge in [0.2, 0.25) is 0 Å². The predicted octanol–water partition coefficient (Wildman–Crippen LogP) is -3.23. The van der Waals surface area contributed by atoms with Crippen molar-refractivity contribution in [1.82, 2.24) is 19.8 Å². The minimum absolute atomic E-state index is 0.301. The number of rotatable bonds is 12. The molecule has 0 amide bonds. The summed E-state index contributed by atoms with van der Waals surface area (Å²) in [6.07, 6.45) is 1.02. The van der Waals surface area contributed by atoms with Gasteiger partial charge in [-0.05, 0) is 14.1 Å². The van der Waals surface area contributed by atoms with E-state index in [9.17, 15) is 20.4 Å². The van der Waals surface area contributed by atoms with E-state index in [1.54, 1.807) is 36.3 Å². The first-order chi connectivity index (χ1) is 12.4. The van der Waals surface area contributed by atoms with Gasteiger partial charge in [0, 0.05) is 13.1 Å². The molecule has 10 nitrogen and oxygen atoms in total. The summed E-state index contributed by atoms with van der Waals surface area (Å²) in [7, 11) is 3.40. The van der Waals surface area contributed by atoms with Crippen molar-refractivity contribution in [3.63, 3.8) is 0 Å². The molecule has 0 aromatic carbocycles. The number of aliphatic hydroxyl groups is 6. The van der Waals surface area contributed by atoms with Gasteiger partial charge in [-0.1, -0.05) is 0 Å². The SMILES string of the molecule is CN(Cc1cnc(CN(C)C(CO)C(O)CO)cn1)C(CO)C(O)CO. The average Bonchev–Trinajstić information content (AvgIpc) is 2.64. The van der Waals surface area contributed by atoms with E-state index >= 15 is 0 Å². The fourth-order valence-corrected chi connectivity index (χ4v) is 2.64. The van der Waals surface area contributed by atoms with Gasteiger partial charge in [0.15, 0.2) is 0 Å². The summed E-state index contributed by atoms with van der Waals surface area (Å²) in [5.41, 5.74) is 1.24. The third-order valence-corrected chi connectivity index (χ3v) is 4.35. The Hall–Kier alpha value is -1.24. The largest absolute Gasteiger partial charge is 0.395 e. The van der Waals surface area contributed by atoms with Crippen molar-refractivity contribution < 1.29 is 30.6 Å². The molecule has 6 N–H and O–H groups in total. The van der Waals surface area contributed by atoms with E-state index in [1.807, 2.05) is 0 Å². The van der Waals surface area contributed by atoms with Gasteiger partial charge < -0.3 is 30.6 Å². The molecule has 1 aromatic rings. The molecule has 0 aliphatic carbocycles. The van der Waals surface area contributed by atoms with E-state index in [0.29, 0.717) is 24.5 Å². The molecule has 150 valence electrons. The van der Waals surface area contributed by atoms with Gasteiger partial charge in [0.1, 0.15) is 0 Å². The van der Waals surface area contributed by atoms with Crippen molar-refractivity contribution in [3.8, 4) is 0 Å². The monoisotopic (exact) mass is 374 g/mol. The molecular formula is C16H30N4O6. The lowest BCUT2D eigenvalue weighted by Gasteiger charge is -2.29. The van der Waals surface area contributed by atoms with Crippen LogP contribution in [0, 0.1) is 0 Å². The highest BCUT2D eigenvalue weighted by Crippen LogP contribution is 2.10. The van der Waals surface area contributed by atoms with Crippen LogP contribution in [0.4, 0.5) is 0 Å². The van der Waals surface area contributed by atoms with Gasteiger partial charge in [-0.25, -0.2) is 0 Å². The molecule has 0 aliphatic rings. The highest BCUT2D eigenvalue weighted by molar-refractivity contribution is 5.03. The molecule has 26 heavy (non-hydrogen) atoms. The Kier molecular flexibility index (Phi) is 10.1. The van der Waals surface area contributed by atoms with E-state index in [1.165, 1.54) is 0 Å². The van der Waals surface area contributed by atoms with Crippen LogP contribution >= 0.6 is 0 Å². The van der Waals surface area contributed by atoms with Crippen LogP contribution in [-0.2, 0) is 13.1 Å². The molecule has 0 saturated heterocycles. The van der Waals surface area contributed by atoms with Crippen LogP contribution in [0.2, 0.25) is 0 Å². The fraction of sp³-hybridized carbons (Fsp3) is 0.750. The molecule has 0 aliphatic heterocycles. The second-order valence-electron chi connectivity index (χ2n) is 6.33. The van der Waals surface area contributed by atoms with E-state index in [4.69, 9.17) is 10.2 Å². The minimum atomic E-state index is -1.06. The quantitative estimate of drug-likeness (QED) is 0.220. The molecule has 0 fully saturated rings. The normalized spacial score (nSPS) is 16.7. The lowest BCUT2D eigenvalue weighted by atomic mass is 10.1. The summed E-state index contributed by atoms with van der Waals surface area (Å²) in [4.78, 5) is 11.9. The molecule has 1 aromatic heterocycles. The number of hydrogen-bond acceptors (Lipinski definition) is 10. The lowest BCUT2D eigenvalue weighted by molar-refractivity contribution is -0.00746. The van der Waals surface area contributed by atoms with Gasteiger partial charge in [-0.3, -0.25) is 19.8 Å². The first-order valence-electron chi connectivity index (χ1n) is 8.37. The Morgan fingerprint density at radius 3 is 1.31 bits per heavy atom. The topological polar surface area (TPSA) is 154 Å². The first kappa shape index (κ1) is 22.8. The maximum atomic E-state index is 9.70. The molecule has 4 atom stereocenters. The number of nitrogens with zero attached hydrogens (tertiary/aromatic N) is 4. The third-order valence-electron chi connectivity index (χ3n) is 4.35. The second-order valence-corrected chi connectivity index (χ2v) is 6.33. The Balaban J connectivity index is 2.68. The molecule has 0 radical (unpaired) electrons. The van der Waals surface area contributed by atoms with Gasteiger partial charge in [-0.15, -0.1) is 0 Å². The standard InChI is InChI=1S/C16H30N4O6/c1-19(13(7-21)15(25)9-23)5-11-3-18-12(4-17-11)6-20(2)14(8-22)16(26)10-24/h3-4,13-16,21-26H,5-10H2,1-2H3. The molecule has 10 heteroatoms. The van der Waals surface area contributed by atoms with Crippen LogP contribution in [0.25, 0.3) is 0 Å². The zero-order valence-electron chi connectivity index (χ0n) is 15.2. The summed E-state index contributed by atoms with van der Waals surface area (Å²) in [5.74, 6) is 0. The van der Waals surface area contributed by atoms with Crippen molar-refractivity contribution in [2.24, 2.45) is 0 Å². The van der Waals surface area contributed by atoms with Crippen molar-refractivity contribution >= 4 is 0 Å². The van der Waals surface area contributed by atoms with E-state index in [-0.39, 0.29) is 13.2 Å². The Morgan fingerprint density at radius 2 is 1.08 bits per heavy atom. The van der Waals surface area contributed by atoms with Gasteiger partial charge in [0.05, 0.1) is 74.5 Å². The van der Waals surface area contributed by atoms with E-state index in [0.717, 1.165) is 0 Å². The molecule has 0 saturated carbocycles. The summed E-state index contributed by atoms with van der Waals surface area (Å²) >= 11 is 0. The molecule has 0 bridgehead atoms. The first-order valence-corrected chi connectivity index (χ1v) is 8.37. The van der Waals surface area contributed by atoms with Crippen LogP contribution in [0.1, 0.15) is 11.4 Å². The molecule has 0 spiro atoms. The fourth-order valence-electron chi connectivity index (χ4n) is 2.64. The van der Waals surface area contributed by atoms with Crippen LogP contribution in [-0.4, -0.2) is 115 Å². The number of hydrogen-bond donors (Lipinski definition) is 6. The van der Waals surface area contributed by atoms with Crippen molar-refractivity contribution in [2.75, 3.05) is 40.5 Å². The average molecular weight is 374 g/mol. The molecule has 1 rings (SSSR count). The van der Waals surface area contributed by atoms with Crippen molar-refractivity contribution in [2.45, 2.75) is 37.4 Å². The number of likely N-dealkylation sites (N-methyl/N-ethyl adjacent to an activating group) is 2. The molecular weight excluding hydrogens is 344 g/mol. The Labute approximate surface area is 153 Å². The van der Waals surface area contributed by atoms with Crippen LogP contribution in [0.15, 0.2) is 12.4 Å². The van der Waals surface area contributed by atoms with Gasteiger partial charge >= 0.3 is 0 Å². The van der Waals surface area contributed by atoms with Gasteiger partial charge in [-0.2, -0.15) is 0 Å². The van der Waals surface area contributed by atoms with Crippen LogP contribution in [0.3, 0.4) is 0 Å². The zero-order chi connectivity index (χ0) is 19.7. The zero-order valence-corrected chi connectivity index (χ0v) is 15.2. The van der Waals surface area contributed by atoms with Crippen LogP contribution in [0.5, 0.6) is 0 Å². The summed E-state index contributed by atoms with van der Waals surface area (Å²) in [6, 6.07) is -1.23. The maximum Gasteiger partial charge on any atom is 0.0947 e. The maximum absolute atomic E-state index is 9.70. The summed E-state index contributed by atoms with van der Waals surface area (Å²) in [5, 5.41) is 56.1.